The van der Waals surface area contributed by atoms with Crippen LogP contribution >= 0.6 is 0 Å². The van der Waals surface area contributed by atoms with Crippen LogP contribution in [0.1, 0.15) is 35.6 Å². The van der Waals surface area contributed by atoms with Crippen molar-refractivity contribution in [3.05, 3.63) is 48.0 Å². The van der Waals surface area contributed by atoms with Crippen molar-refractivity contribution in [2.24, 2.45) is 0 Å². The van der Waals surface area contributed by atoms with E-state index in [-0.39, 0.29) is 5.91 Å². The number of hydrogen-bond donors (Lipinski definition) is 1. The molecule has 8 nitrogen and oxygen atoms in total. The minimum Gasteiger partial charge on any atom is -0.496 e. The number of aryl methyl sites for hydroxylation is 1. The van der Waals surface area contributed by atoms with E-state index in [1.54, 1.807) is 18.3 Å². The lowest BCUT2D eigenvalue weighted by Gasteiger charge is -2.11. The van der Waals surface area contributed by atoms with E-state index in [0.717, 1.165) is 24.5 Å². The number of aromatic nitrogens is 5. The highest BCUT2D eigenvalue weighted by molar-refractivity contribution is 6.05. The SMILES string of the molecule is COc1ccncc1C(=O)Nc1cccc(-c2nnc3n2[C@@H](C)CC3)n1. The Bertz CT molecular complexity index is 968. The van der Waals surface area contributed by atoms with E-state index < -0.39 is 0 Å². The molecule has 0 radical (unpaired) electrons. The highest BCUT2D eigenvalue weighted by Crippen LogP contribution is 2.30. The van der Waals surface area contributed by atoms with Gasteiger partial charge in [-0.05, 0) is 31.5 Å². The zero-order valence-electron chi connectivity index (χ0n) is 14.5. The van der Waals surface area contributed by atoms with Crippen molar-refractivity contribution in [1.29, 1.82) is 0 Å². The third-order valence-corrected chi connectivity index (χ3v) is 4.46. The van der Waals surface area contributed by atoms with E-state index >= 15 is 0 Å². The van der Waals surface area contributed by atoms with Gasteiger partial charge in [0.1, 0.15) is 23.1 Å². The van der Waals surface area contributed by atoms with Gasteiger partial charge < -0.3 is 14.6 Å². The molecular formula is C18H18N6O2. The lowest BCUT2D eigenvalue weighted by Crippen LogP contribution is -2.14. The quantitative estimate of drug-likeness (QED) is 0.777. The Morgan fingerprint density at radius 1 is 1.31 bits per heavy atom. The lowest BCUT2D eigenvalue weighted by molar-refractivity contribution is 0.102. The van der Waals surface area contributed by atoms with Crippen LogP contribution in [-0.2, 0) is 6.42 Å². The van der Waals surface area contributed by atoms with Crippen molar-refractivity contribution in [3.63, 3.8) is 0 Å². The van der Waals surface area contributed by atoms with Gasteiger partial charge in [-0.25, -0.2) is 4.98 Å². The molecule has 0 bridgehead atoms. The van der Waals surface area contributed by atoms with Gasteiger partial charge in [-0.15, -0.1) is 10.2 Å². The van der Waals surface area contributed by atoms with E-state index in [9.17, 15) is 4.79 Å². The minimum absolute atomic E-state index is 0.334. The van der Waals surface area contributed by atoms with Crippen LogP contribution in [0.25, 0.3) is 11.5 Å². The number of carbonyl (C=O) groups is 1. The first-order valence-electron chi connectivity index (χ1n) is 8.38. The fourth-order valence-electron chi connectivity index (χ4n) is 3.14. The van der Waals surface area contributed by atoms with E-state index in [4.69, 9.17) is 4.74 Å². The molecule has 1 amide bonds. The van der Waals surface area contributed by atoms with Crippen LogP contribution in [-0.4, -0.2) is 37.7 Å². The molecule has 1 aliphatic heterocycles. The van der Waals surface area contributed by atoms with Gasteiger partial charge in [-0.1, -0.05) is 6.07 Å². The molecule has 1 N–H and O–H groups in total. The Morgan fingerprint density at radius 3 is 3.04 bits per heavy atom. The summed E-state index contributed by atoms with van der Waals surface area (Å²) in [6.07, 6.45) is 5.01. The molecule has 0 aliphatic carbocycles. The maximum atomic E-state index is 12.5. The van der Waals surface area contributed by atoms with Gasteiger partial charge >= 0.3 is 0 Å². The van der Waals surface area contributed by atoms with Crippen molar-refractivity contribution in [2.45, 2.75) is 25.8 Å². The third-order valence-electron chi connectivity index (χ3n) is 4.46. The summed E-state index contributed by atoms with van der Waals surface area (Å²) >= 11 is 0. The second-order valence-corrected chi connectivity index (χ2v) is 6.14. The van der Waals surface area contributed by atoms with Gasteiger partial charge in [0, 0.05) is 24.9 Å². The van der Waals surface area contributed by atoms with E-state index in [1.165, 1.54) is 13.3 Å². The molecule has 0 saturated carbocycles. The van der Waals surface area contributed by atoms with Gasteiger partial charge in [0.15, 0.2) is 5.82 Å². The summed E-state index contributed by atoms with van der Waals surface area (Å²) < 4.78 is 7.32. The molecule has 0 spiro atoms. The Hall–Kier alpha value is -3.29. The largest absolute Gasteiger partial charge is 0.496 e. The maximum Gasteiger partial charge on any atom is 0.262 e. The van der Waals surface area contributed by atoms with Gasteiger partial charge in [0.25, 0.3) is 5.91 Å². The van der Waals surface area contributed by atoms with Crippen molar-refractivity contribution < 1.29 is 9.53 Å². The molecular weight excluding hydrogens is 332 g/mol. The fraction of sp³-hybridized carbons (Fsp3) is 0.278. The Kier molecular flexibility index (Phi) is 4.08. The van der Waals surface area contributed by atoms with E-state index in [0.29, 0.717) is 28.9 Å². The first-order valence-corrected chi connectivity index (χ1v) is 8.38. The molecule has 132 valence electrons. The number of fused-ring (bicyclic) bond motifs is 1. The number of carbonyl (C=O) groups excluding carboxylic acids is 1. The normalized spacial score (nSPS) is 15.5. The third kappa shape index (κ3) is 2.79. The molecule has 3 aromatic rings. The van der Waals surface area contributed by atoms with Gasteiger partial charge in [-0.2, -0.15) is 0 Å². The minimum atomic E-state index is -0.334. The predicted octanol–water partition coefficient (Wildman–Crippen LogP) is 2.50. The second-order valence-electron chi connectivity index (χ2n) is 6.14. The number of ether oxygens (including phenoxy) is 1. The number of nitrogens with zero attached hydrogens (tertiary/aromatic N) is 5. The topological polar surface area (TPSA) is 94.8 Å². The summed E-state index contributed by atoms with van der Waals surface area (Å²) in [6, 6.07) is 7.41. The van der Waals surface area contributed by atoms with Gasteiger partial charge in [-0.3, -0.25) is 9.78 Å². The standard InChI is InChI=1S/C18H18N6O2/c1-11-6-7-16-22-23-17(24(11)16)13-4-3-5-15(20-13)21-18(25)12-10-19-9-8-14(12)26-2/h3-5,8-11H,6-7H2,1-2H3,(H,20,21,25)/t11-/m0/s1. The van der Waals surface area contributed by atoms with Crippen LogP contribution in [0.15, 0.2) is 36.7 Å². The van der Waals surface area contributed by atoms with Crippen LogP contribution in [0.4, 0.5) is 5.82 Å². The van der Waals surface area contributed by atoms with Crippen LogP contribution in [0.2, 0.25) is 0 Å². The highest BCUT2D eigenvalue weighted by Gasteiger charge is 2.25. The predicted molar refractivity (Wildman–Crippen MR) is 95.0 cm³/mol. The summed E-state index contributed by atoms with van der Waals surface area (Å²) in [5.74, 6) is 2.25. The van der Waals surface area contributed by atoms with Gasteiger partial charge in [0.05, 0.1) is 12.7 Å². The molecule has 8 heteroatoms. The molecule has 0 saturated heterocycles. The number of hydrogen-bond acceptors (Lipinski definition) is 6. The summed E-state index contributed by atoms with van der Waals surface area (Å²) in [4.78, 5) is 21.0. The molecule has 3 aromatic heterocycles. The smallest absolute Gasteiger partial charge is 0.262 e. The van der Waals surface area contributed by atoms with Crippen LogP contribution in [0.5, 0.6) is 5.75 Å². The zero-order valence-corrected chi connectivity index (χ0v) is 14.5. The molecule has 0 aromatic carbocycles. The Morgan fingerprint density at radius 2 is 2.19 bits per heavy atom. The van der Waals surface area contributed by atoms with Crippen LogP contribution in [0, 0.1) is 0 Å². The highest BCUT2D eigenvalue weighted by atomic mass is 16.5. The van der Waals surface area contributed by atoms with E-state index in [1.807, 2.05) is 12.1 Å². The lowest BCUT2D eigenvalue weighted by atomic mass is 10.2. The summed E-state index contributed by atoms with van der Waals surface area (Å²) in [5.41, 5.74) is 1.02. The molecule has 4 rings (SSSR count). The molecule has 0 fully saturated rings. The summed E-state index contributed by atoms with van der Waals surface area (Å²) in [5, 5.41) is 11.3. The van der Waals surface area contributed by atoms with Crippen molar-refractivity contribution in [3.8, 4) is 17.3 Å². The van der Waals surface area contributed by atoms with E-state index in [2.05, 4.69) is 37.0 Å². The molecule has 26 heavy (non-hydrogen) atoms. The van der Waals surface area contributed by atoms with Crippen molar-refractivity contribution in [1.82, 2.24) is 24.7 Å². The second kappa shape index (κ2) is 6.55. The average molecular weight is 350 g/mol. The molecule has 1 aliphatic rings. The number of methoxy groups -OCH3 is 1. The zero-order chi connectivity index (χ0) is 18.1. The van der Waals surface area contributed by atoms with Gasteiger partial charge in [0.2, 0.25) is 0 Å². The fourth-order valence-corrected chi connectivity index (χ4v) is 3.14. The number of amides is 1. The first-order chi connectivity index (χ1) is 12.7. The monoisotopic (exact) mass is 350 g/mol. The number of anilines is 1. The molecule has 0 unspecified atom stereocenters. The number of rotatable bonds is 4. The summed E-state index contributed by atoms with van der Waals surface area (Å²) in [6.45, 7) is 2.14. The molecule has 1 atom stereocenters. The van der Waals surface area contributed by atoms with Crippen LogP contribution < -0.4 is 10.1 Å². The van der Waals surface area contributed by atoms with Crippen LogP contribution in [0.3, 0.4) is 0 Å². The average Bonchev–Trinajstić information content (AvgIpc) is 3.25. The summed E-state index contributed by atoms with van der Waals surface area (Å²) in [7, 11) is 1.51. The van der Waals surface area contributed by atoms with Crippen molar-refractivity contribution >= 4 is 11.7 Å². The number of pyridine rings is 2. The van der Waals surface area contributed by atoms with Crippen molar-refractivity contribution in [2.75, 3.05) is 12.4 Å². The molecule has 4 heterocycles. The Labute approximate surface area is 150 Å². The number of nitrogens with one attached hydrogen (secondary N) is 1. The Balaban J connectivity index is 1.62. The first kappa shape index (κ1) is 16.2. The maximum absolute atomic E-state index is 12.5.